The first-order valence-electron chi connectivity index (χ1n) is 2.45. The summed E-state index contributed by atoms with van der Waals surface area (Å²) >= 11 is 0. The van der Waals surface area contributed by atoms with Crippen LogP contribution in [0, 0.1) is 24.2 Å². The van der Waals surface area contributed by atoms with Gasteiger partial charge in [-0.1, -0.05) is 0 Å². The van der Waals surface area contributed by atoms with Crippen LogP contribution in [0.3, 0.4) is 0 Å². The van der Waals surface area contributed by atoms with Crippen LogP contribution in [0.15, 0.2) is 0 Å². The molecule has 0 spiro atoms. The lowest BCUT2D eigenvalue weighted by atomic mass is 10.3. The van der Waals surface area contributed by atoms with Crippen molar-refractivity contribution in [2.45, 2.75) is 6.42 Å². The van der Waals surface area contributed by atoms with Gasteiger partial charge in [-0.15, -0.1) is 12.3 Å². The van der Waals surface area contributed by atoms with Crippen molar-refractivity contribution in [3.63, 3.8) is 0 Å². The zero-order chi connectivity index (χ0) is 5.28. The molecule has 1 N–H and O–H groups in total. The van der Waals surface area contributed by atoms with Crippen LogP contribution in [-0.2, 0) is 0 Å². The molecule has 0 saturated heterocycles. The Hall–Kier alpha value is -0.480. The summed E-state index contributed by atoms with van der Waals surface area (Å²) in [5.74, 6) is 3.41. The van der Waals surface area contributed by atoms with Crippen LogP contribution in [0.1, 0.15) is 6.42 Å². The molecule has 1 saturated carbocycles. The Kier molecular flexibility index (Phi) is 1.04. The second-order valence-corrected chi connectivity index (χ2v) is 1.95. The van der Waals surface area contributed by atoms with Gasteiger partial charge >= 0.3 is 0 Å². The number of terminal acetylenes is 1. The fraction of sp³-hybridized carbons (Fsp3) is 0.667. The smallest absolute Gasteiger partial charge is 0.0471 e. The van der Waals surface area contributed by atoms with Gasteiger partial charge in [0.2, 0.25) is 0 Å². The highest BCUT2D eigenvalue weighted by atomic mass is 16.3. The van der Waals surface area contributed by atoms with Gasteiger partial charge in [-0.3, -0.25) is 0 Å². The van der Waals surface area contributed by atoms with Crippen LogP contribution in [-0.4, -0.2) is 11.7 Å². The number of aliphatic hydroxyl groups is 1. The van der Waals surface area contributed by atoms with E-state index in [0.717, 1.165) is 6.42 Å². The van der Waals surface area contributed by atoms with Crippen molar-refractivity contribution in [1.29, 1.82) is 0 Å². The van der Waals surface area contributed by atoms with Crippen LogP contribution >= 0.6 is 0 Å². The van der Waals surface area contributed by atoms with E-state index in [0.29, 0.717) is 11.8 Å². The Labute approximate surface area is 43.4 Å². The molecule has 0 aromatic carbocycles. The average Bonchev–Trinajstić information content (AvgIpc) is 2.43. The zero-order valence-electron chi connectivity index (χ0n) is 4.09. The predicted molar refractivity (Wildman–Crippen MR) is 27.5 cm³/mol. The van der Waals surface area contributed by atoms with Crippen molar-refractivity contribution < 1.29 is 5.11 Å². The van der Waals surface area contributed by atoms with Crippen molar-refractivity contribution in [2.24, 2.45) is 11.8 Å². The second kappa shape index (κ2) is 1.55. The third-order valence-electron chi connectivity index (χ3n) is 1.37. The highest BCUT2D eigenvalue weighted by molar-refractivity contribution is 5.06. The summed E-state index contributed by atoms with van der Waals surface area (Å²) < 4.78 is 0. The average molecular weight is 96.1 g/mol. The Morgan fingerprint density at radius 2 is 2.57 bits per heavy atom. The van der Waals surface area contributed by atoms with E-state index in [1.807, 2.05) is 0 Å². The molecule has 1 aliphatic rings. The maximum atomic E-state index is 8.41. The van der Waals surface area contributed by atoms with Crippen molar-refractivity contribution in [3.05, 3.63) is 0 Å². The molecule has 0 amide bonds. The molecule has 1 fully saturated rings. The molecule has 0 heterocycles. The van der Waals surface area contributed by atoms with Gasteiger partial charge in [0.05, 0.1) is 0 Å². The molecule has 1 rings (SSSR count). The normalized spacial score (nSPS) is 37.1. The maximum Gasteiger partial charge on any atom is 0.0471 e. The summed E-state index contributed by atoms with van der Waals surface area (Å²) in [6, 6.07) is 0. The van der Waals surface area contributed by atoms with E-state index in [9.17, 15) is 0 Å². The molecule has 1 nitrogen and oxygen atoms in total. The Morgan fingerprint density at radius 1 is 1.86 bits per heavy atom. The van der Waals surface area contributed by atoms with Gasteiger partial charge in [-0.05, 0) is 12.3 Å². The summed E-state index contributed by atoms with van der Waals surface area (Å²) in [6.07, 6.45) is 6.07. The predicted octanol–water partition coefficient (Wildman–Crippen LogP) is 0.248. The molecule has 38 valence electrons. The van der Waals surface area contributed by atoms with Gasteiger partial charge in [-0.2, -0.15) is 0 Å². The minimum absolute atomic E-state index is 0.273. The monoisotopic (exact) mass is 96.1 g/mol. The second-order valence-electron chi connectivity index (χ2n) is 1.95. The van der Waals surface area contributed by atoms with E-state index >= 15 is 0 Å². The van der Waals surface area contributed by atoms with E-state index < -0.39 is 0 Å². The standard InChI is InChI=1S/C6H8O/c1-2-5-3-6(5)4-7/h1,5-7H,3-4H2/t5-,6+/m0/s1. The minimum atomic E-state index is 0.273. The topological polar surface area (TPSA) is 20.2 Å². The molecule has 7 heavy (non-hydrogen) atoms. The largest absolute Gasteiger partial charge is 0.396 e. The van der Waals surface area contributed by atoms with Crippen molar-refractivity contribution in [2.75, 3.05) is 6.61 Å². The maximum absolute atomic E-state index is 8.41. The van der Waals surface area contributed by atoms with Crippen LogP contribution in [0.2, 0.25) is 0 Å². The summed E-state index contributed by atoms with van der Waals surface area (Å²) in [6.45, 7) is 0.273. The highest BCUT2D eigenvalue weighted by Crippen LogP contribution is 2.36. The van der Waals surface area contributed by atoms with Gasteiger partial charge in [-0.25, -0.2) is 0 Å². The first kappa shape index (κ1) is 4.67. The number of aliphatic hydroxyl groups excluding tert-OH is 1. The number of hydrogen-bond acceptors (Lipinski definition) is 1. The molecular formula is C6H8O. The molecule has 0 aromatic heterocycles. The molecular weight excluding hydrogens is 88.1 g/mol. The molecule has 1 heteroatoms. The van der Waals surface area contributed by atoms with E-state index in [1.165, 1.54) is 0 Å². The van der Waals surface area contributed by atoms with Gasteiger partial charge < -0.3 is 5.11 Å². The molecule has 0 unspecified atom stereocenters. The van der Waals surface area contributed by atoms with E-state index in [-0.39, 0.29) is 6.61 Å². The van der Waals surface area contributed by atoms with E-state index in [2.05, 4.69) is 5.92 Å². The van der Waals surface area contributed by atoms with Crippen LogP contribution in [0.5, 0.6) is 0 Å². The molecule has 1 aliphatic carbocycles. The Morgan fingerprint density at radius 3 is 2.71 bits per heavy atom. The summed E-state index contributed by atoms with van der Waals surface area (Å²) in [5.41, 5.74) is 0. The Bertz CT molecular complexity index is 101. The Balaban J connectivity index is 2.21. The summed E-state index contributed by atoms with van der Waals surface area (Å²) in [4.78, 5) is 0. The van der Waals surface area contributed by atoms with Crippen LogP contribution in [0.4, 0.5) is 0 Å². The van der Waals surface area contributed by atoms with Gasteiger partial charge in [0.25, 0.3) is 0 Å². The fourth-order valence-corrected chi connectivity index (χ4v) is 0.653. The first-order valence-corrected chi connectivity index (χ1v) is 2.45. The lowest BCUT2D eigenvalue weighted by molar-refractivity contribution is 0.273. The minimum Gasteiger partial charge on any atom is -0.396 e. The van der Waals surface area contributed by atoms with E-state index in [4.69, 9.17) is 11.5 Å². The molecule has 0 radical (unpaired) electrons. The highest BCUT2D eigenvalue weighted by Gasteiger charge is 2.34. The number of hydrogen-bond donors (Lipinski definition) is 1. The van der Waals surface area contributed by atoms with Crippen LogP contribution < -0.4 is 0 Å². The third-order valence-corrected chi connectivity index (χ3v) is 1.37. The van der Waals surface area contributed by atoms with Gasteiger partial charge in [0, 0.05) is 12.5 Å². The zero-order valence-corrected chi connectivity index (χ0v) is 4.09. The lowest BCUT2D eigenvalue weighted by Gasteiger charge is -1.79. The molecule has 0 aromatic rings. The third kappa shape index (κ3) is 0.755. The summed E-state index contributed by atoms with van der Waals surface area (Å²) in [5, 5.41) is 8.41. The molecule has 0 aliphatic heterocycles. The lowest BCUT2D eigenvalue weighted by Crippen LogP contribution is -1.84. The summed E-state index contributed by atoms with van der Waals surface area (Å²) in [7, 11) is 0. The van der Waals surface area contributed by atoms with Crippen molar-refractivity contribution in [1.82, 2.24) is 0 Å². The van der Waals surface area contributed by atoms with Crippen molar-refractivity contribution >= 4 is 0 Å². The SMILES string of the molecule is C#C[C@H]1C[C@@H]1CO. The van der Waals surface area contributed by atoms with Gasteiger partial charge in [0.1, 0.15) is 0 Å². The van der Waals surface area contributed by atoms with Gasteiger partial charge in [0.15, 0.2) is 0 Å². The first-order chi connectivity index (χ1) is 3.38. The van der Waals surface area contributed by atoms with E-state index in [1.54, 1.807) is 0 Å². The fourth-order valence-electron chi connectivity index (χ4n) is 0.653. The molecule has 0 bridgehead atoms. The molecule has 2 atom stereocenters. The number of rotatable bonds is 1. The van der Waals surface area contributed by atoms with Crippen molar-refractivity contribution in [3.8, 4) is 12.3 Å². The van der Waals surface area contributed by atoms with Crippen LogP contribution in [0.25, 0.3) is 0 Å². The quantitative estimate of drug-likeness (QED) is 0.464.